The van der Waals surface area contributed by atoms with Crippen molar-refractivity contribution >= 4 is 0 Å². The third kappa shape index (κ3) is 4.28. The SMILES string of the molecule is [C-]#[N+]C(C)Cc1ccc(OCCOC)nc1. The summed E-state index contributed by atoms with van der Waals surface area (Å²) in [7, 11) is 1.63. The molecular formula is C12H16N2O2. The number of ether oxygens (including phenoxy) is 2. The van der Waals surface area contributed by atoms with Gasteiger partial charge in [0.05, 0.1) is 6.61 Å². The average Bonchev–Trinajstić information content (AvgIpc) is 2.31. The molecule has 0 aromatic carbocycles. The zero-order valence-electron chi connectivity index (χ0n) is 9.64. The minimum absolute atomic E-state index is 0.00191. The fraction of sp³-hybridized carbons (Fsp3) is 0.500. The molecule has 0 aliphatic carbocycles. The Kier molecular flexibility index (Phi) is 5.30. The minimum atomic E-state index is 0.00191. The summed E-state index contributed by atoms with van der Waals surface area (Å²) in [6.45, 7) is 9.83. The lowest BCUT2D eigenvalue weighted by Gasteiger charge is -2.05. The number of hydrogen-bond acceptors (Lipinski definition) is 3. The Hall–Kier alpha value is -1.60. The summed E-state index contributed by atoms with van der Waals surface area (Å²) >= 11 is 0. The van der Waals surface area contributed by atoms with Crippen molar-refractivity contribution in [2.45, 2.75) is 19.4 Å². The lowest BCUT2D eigenvalue weighted by atomic mass is 10.1. The molecule has 1 rings (SSSR count). The number of methoxy groups -OCH3 is 1. The first-order valence-electron chi connectivity index (χ1n) is 5.19. The van der Waals surface area contributed by atoms with Crippen LogP contribution in [0.4, 0.5) is 0 Å². The molecule has 0 bridgehead atoms. The third-order valence-electron chi connectivity index (χ3n) is 2.09. The molecule has 16 heavy (non-hydrogen) atoms. The van der Waals surface area contributed by atoms with Gasteiger partial charge in [-0.15, -0.1) is 0 Å². The van der Waals surface area contributed by atoms with E-state index in [4.69, 9.17) is 16.0 Å². The van der Waals surface area contributed by atoms with Crippen LogP contribution in [0.15, 0.2) is 18.3 Å². The predicted octanol–water partition coefficient (Wildman–Crippen LogP) is 1.96. The topological polar surface area (TPSA) is 35.7 Å². The maximum absolute atomic E-state index is 6.88. The quantitative estimate of drug-likeness (QED) is 0.543. The van der Waals surface area contributed by atoms with Crippen molar-refractivity contribution in [3.05, 3.63) is 35.3 Å². The van der Waals surface area contributed by atoms with Crippen molar-refractivity contribution in [1.82, 2.24) is 4.98 Å². The monoisotopic (exact) mass is 220 g/mol. The lowest BCUT2D eigenvalue weighted by Crippen LogP contribution is -2.06. The van der Waals surface area contributed by atoms with Crippen LogP contribution in [0, 0.1) is 6.57 Å². The summed E-state index contributed by atoms with van der Waals surface area (Å²) < 4.78 is 10.2. The highest BCUT2D eigenvalue weighted by atomic mass is 16.5. The van der Waals surface area contributed by atoms with Gasteiger partial charge in [-0.2, -0.15) is 0 Å². The lowest BCUT2D eigenvalue weighted by molar-refractivity contribution is 0.143. The molecule has 1 heterocycles. The Labute approximate surface area is 96.0 Å². The van der Waals surface area contributed by atoms with E-state index in [1.807, 2.05) is 19.1 Å². The van der Waals surface area contributed by atoms with Gasteiger partial charge >= 0.3 is 0 Å². The summed E-state index contributed by atoms with van der Waals surface area (Å²) in [5.74, 6) is 0.594. The molecular weight excluding hydrogens is 204 g/mol. The van der Waals surface area contributed by atoms with Crippen LogP contribution in [0.3, 0.4) is 0 Å². The van der Waals surface area contributed by atoms with Crippen LogP contribution in [-0.4, -0.2) is 31.3 Å². The zero-order valence-corrected chi connectivity index (χ0v) is 9.64. The van der Waals surface area contributed by atoms with E-state index >= 15 is 0 Å². The molecule has 1 aromatic heterocycles. The van der Waals surface area contributed by atoms with E-state index in [2.05, 4.69) is 9.83 Å². The highest BCUT2D eigenvalue weighted by Crippen LogP contribution is 2.10. The summed E-state index contributed by atoms with van der Waals surface area (Å²) in [6.07, 6.45) is 2.48. The first-order valence-corrected chi connectivity index (χ1v) is 5.19. The van der Waals surface area contributed by atoms with Gasteiger partial charge in [-0.1, -0.05) is 6.07 Å². The van der Waals surface area contributed by atoms with E-state index in [0.29, 0.717) is 19.1 Å². The maximum Gasteiger partial charge on any atom is 0.225 e. The number of hydrogen-bond donors (Lipinski definition) is 0. The summed E-state index contributed by atoms with van der Waals surface area (Å²) in [6, 6.07) is 3.76. The highest BCUT2D eigenvalue weighted by Gasteiger charge is 2.06. The zero-order chi connectivity index (χ0) is 11.8. The molecule has 1 unspecified atom stereocenters. The van der Waals surface area contributed by atoms with E-state index in [-0.39, 0.29) is 6.04 Å². The van der Waals surface area contributed by atoms with Gasteiger partial charge in [-0.05, 0) is 5.56 Å². The second-order valence-corrected chi connectivity index (χ2v) is 3.53. The van der Waals surface area contributed by atoms with Crippen LogP contribution in [0.5, 0.6) is 5.88 Å². The summed E-state index contributed by atoms with van der Waals surface area (Å²) in [5.41, 5.74) is 1.06. The van der Waals surface area contributed by atoms with Crippen molar-refractivity contribution in [1.29, 1.82) is 0 Å². The van der Waals surface area contributed by atoms with Crippen LogP contribution in [0.25, 0.3) is 4.85 Å². The molecule has 1 atom stereocenters. The number of nitrogens with zero attached hydrogens (tertiary/aromatic N) is 2. The molecule has 4 heteroatoms. The van der Waals surface area contributed by atoms with Gasteiger partial charge in [-0.3, -0.25) is 0 Å². The first-order chi connectivity index (χ1) is 7.76. The Morgan fingerprint density at radius 2 is 2.25 bits per heavy atom. The second-order valence-electron chi connectivity index (χ2n) is 3.53. The molecule has 0 aliphatic heterocycles. The Morgan fingerprint density at radius 3 is 2.81 bits per heavy atom. The smallest absolute Gasteiger partial charge is 0.225 e. The molecule has 0 saturated carbocycles. The van der Waals surface area contributed by atoms with Gasteiger partial charge in [-0.25, -0.2) is 11.6 Å². The molecule has 1 aromatic rings. The van der Waals surface area contributed by atoms with Crippen molar-refractivity contribution in [2.75, 3.05) is 20.3 Å². The fourth-order valence-electron chi connectivity index (χ4n) is 1.23. The van der Waals surface area contributed by atoms with Crippen molar-refractivity contribution < 1.29 is 9.47 Å². The number of pyridine rings is 1. The van der Waals surface area contributed by atoms with Gasteiger partial charge in [0, 0.05) is 32.7 Å². The fourth-order valence-corrected chi connectivity index (χ4v) is 1.23. The summed E-state index contributed by atoms with van der Waals surface area (Å²) in [4.78, 5) is 7.60. The van der Waals surface area contributed by atoms with E-state index in [1.165, 1.54) is 0 Å². The van der Waals surface area contributed by atoms with Gasteiger partial charge in [0.2, 0.25) is 11.9 Å². The normalized spacial score (nSPS) is 11.8. The predicted molar refractivity (Wildman–Crippen MR) is 61.4 cm³/mol. The van der Waals surface area contributed by atoms with Crippen LogP contribution < -0.4 is 4.74 Å². The Balaban J connectivity index is 2.45. The van der Waals surface area contributed by atoms with Crippen LogP contribution >= 0.6 is 0 Å². The molecule has 0 fully saturated rings. The third-order valence-corrected chi connectivity index (χ3v) is 2.09. The van der Waals surface area contributed by atoms with E-state index < -0.39 is 0 Å². The van der Waals surface area contributed by atoms with Crippen LogP contribution in [-0.2, 0) is 11.2 Å². The van der Waals surface area contributed by atoms with Crippen LogP contribution in [0.2, 0.25) is 0 Å². The Morgan fingerprint density at radius 1 is 1.44 bits per heavy atom. The molecule has 0 radical (unpaired) electrons. The molecule has 4 nitrogen and oxygen atoms in total. The maximum atomic E-state index is 6.88. The second kappa shape index (κ2) is 6.81. The Bertz CT molecular complexity index is 343. The largest absolute Gasteiger partial charge is 0.475 e. The molecule has 86 valence electrons. The molecule has 0 aliphatic rings. The standard InChI is InChI=1S/C12H16N2O2/c1-10(13-2)8-11-4-5-12(14-9-11)16-7-6-15-3/h4-5,9-10H,6-8H2,1,3H3. The van der Waals surface area contributed by atoms with Gasteiger partial charge in [0.25, 0.3) is 0 Å². The molecule has 0 spiro atoms. The van der Waals surface area contributed by atoms with Gasteiger partial charge in [0.1, 0.15) is 6.61 Å². The van der Waals surface area contributed by atoms with Gasteiger partial charge in [0.15, 0.2) is 0 Å². The molecule has 0 N–H and O–H groups in total. The number of rotatable bonds is 6. The van der Waals surface area contributed by atoms with E-state index in [9.17, 15) is 0 Å². The molecule has 0 saturated heterocycles. The van der Waals surface area contributed by atoms with Crippen molar-refractivity contribution in [3.8, 4) is 5.88 Å². The van der Waals surface area contributed by atoms with E-state index in [0.717, 1.165) is 12.0 Å². The first kappa shape index (κ1) is 12.5. The number of aromatic nitrogens is 1. The minimum Gasteiger partial charge on any atom is -0.475 e. The van der Waals surface area contributed by atoms with E-state index in [1.54, 1.807) is 13.3 Å². The summed E-state index contributed by atoms with van der Waals surface area (Å²) in [5, 5.41) is 0. The van der Waals surface area contributed by atoms with Crippen molar-refractivity contribution in [2.24, 2.45) is 0 Å². The molecule has 0 amide bonds. The van der Waals surface area contributed by atoms with Crippen LogP contribution in [0.1, 0.15) is 12.5 Å². The van der Waals surface area contributed by atoms with Gasteiger partial charge < -0.3 is 14.3 Å². The van der Waals surface area contributed by atoms with Crippen molar-refractivity contribution in [3.63, 3.8) is 0 Å². The average molecular weight is 220 g/mol. The highest BCUT2D eigenvalue weighted by molar-refractivity contribution is 5.19.